The molecule has 1 saturated carbocycles. The molecule has 5 atom stereocenters. The van der Waals surface area contributed by atoms with Gasteiger partial charge in [0.15, 0.2) is 0 Å². The number of amides is 1. The van der Waals surface area contributed by atoms with E-state index in [1.54, 1.807) is 0 Å². The second-order valence-corrected chi connectivity index (χ2v) is 10.4. The number of aromatic nitrogens is 3. The van der Waals surface area contributed by atoms with Crippen LogP contribution in [0.25, 0.3) is 16.8 Å². The number of rotatable bonds is 5. The number of fused-ring (bicyclic) bond motifs is 7. The molecular formula is C26H30N6O. The molecule has 0 spiro atoms. The average Bonchev–Trinajstić information content (AvgIpc) is 3.59. The molecule has 3 aromatic rings. The Morgan fingerprint density at radius 1 is 1.03 bits per heavy atom. The monoisotopic (exact) mass is 442 g/mol. The molecule has 7 heteroatoms. The number of allylic oxidation sites excluding steroid dienone is 2. The highest BCUT2D eigenvalue weighted by Crippen LogP contribution is 2.43. The topological polar surface area (TPSA) is 65.8 Å². The summed E-state index contributed by atoms with van der Waals surface area (Å²) in [6, 6.07) is 11.1. The first-order valence-corrected chi connectivity index (χ1v) is 12.4. The molecular weight excluding hydrogens is 412 g/mol. The molecule has 1 N–H and O–H groups in total. The van der Waals surface area contributed by atoms with Crippen LogP contribution in [0.2, 0.25) is 0 Å². The molecule has 170 valence electrons. The van der Waals surface area contributed by atoms with Gasteiger partial charge in [-0.3, -0.25) is 14.1 Å². The van der Waals surface area contributed by atoms with Crippen molar-refractivity contribution in [3.8, 4) is 0 Å². The van der Waals surface area contributed by atoms with Crippen LogP contribution in [0.15, 0.2) is 48.7 Å². The lowest BCUT2D eigenvalue weighted by Gasteiger charge is -2.41. The number of imidazole rings is 1. The number of nitrogens with zero attached hydrogens (tertiary/aromatic N) is 5. The molecule has 2 saturated heterocycles. The lowest BCUT2D eigenvalue weighted by atomic mass is 9.94. The smallest absolute Gasteiger partial charge is 0.236 e. The van der Waals surface area contributed by atoms with Gasteiger partial charge in [-0.15, -0.1) is 0 Å². The van der Waals surface area contributed by atoms with Gasteiger partial charge in [0.2, 0.25) is 11.7 Å². The first kappa shape index (κ1) is 19.5. The zero-order chi connectivity index (χ0) is 21.9. The van der Waals surface area contributed by atoms with Crippen molar-refractivity contribution in [1.29, 1.82) is 0 Å². The van der Waals surface area contributed by atoms with Crippen LogP contribution in [0.4, 0.5) is 5.82 Å². The first-order valence-electron chi connectivity index (χ1n) is 12.4. The SMILES string of the molecule is O=C(CN1C2CCC1CN(c1ccn3c(n1)nc1ccccc13)C2)NCC1CC2C=CC1C2. The molecule has 4 aliphatic rings. The number of anilines is 1. The van der Waals surface area contributed by atoms with Crippen LogP contribution < -0.4 is 10.2 Å². The molecule has 4 bridgehead atoms. The molecule has 2 aromatic heterocycles. The van der Waals surface area contributed by atoms with Gasteiger partial charge in [0, 0.05) is 37.9 Å². The number of piperazine rings is 1. The largest absolute Gasteiger partial charge is 0.355 e. The summed E-state index contributed by atoms with van der Waals surface area (Å²) in [7, 11) is 0. The summed E-state index contributed by atoms with van der Waals surface area (Å²) in [5.41, 5.74) is 2.06. The molecule has 7 rings (SSSR count). The lowest BCUT2D eigenvalue weighted by molar-refractivity contribution is -0.123. The van der Waals surface area contributed by atoms with Crippen LogP contribution in [0, 0.1) is 17.8 Å². The van der Waals surface area contributed by atoms with Crippen molar-refractivity contribution in [2.24, 2.45) is 17.8 Å². The van der Waals surface area contributed by atoms with Crippen LogP contribution in [0.3, 0.4) is 0 Å². The number of carbonyl (C=O) groups excluding carboxylic acids is 1. The fourth-order valence-electron chi connectivity index (χ4n) is 6.75. The highest BCUT2D eigenvalue weighted by molar-refractivity contribution is 5.80. The summed E-state index contributed by atoms with van der Waals surface area (Å²) in [6.07, 6.45) is 11.7. The van der Waals surface area contributed by atoms with Gasteiger partial charge in [-0.25, -0.2) is 4.98 Å². The lowest BCUT2D eigenvalue weighted by Crippen LogP contribution is -2.56. The molecule has 2 aliphatic heterocycles. The van der Waals surface area contributed by atoms with Gasteiger partial charge in [0.05, 0.1) is 17.6 Å². The molecule has 4 heterocycles. The molecule has 33 heavy (non-hydrogen) atoms. The predicted molar refractivity (Wildman–Crippen MR) is 128 cm³/mol. The summed E-state index contributed by atoms with van der Waals surface area (Å²) in [6.45, 7) is 3.20. The van der Waals surface area contributed by atoms with Crippen molar-refractivity contribution in [1.82, 2.24) is 24.6 Å². The molecule has 2 aliphatic carbocycles. The molecule has 1 aromatic carbocycles. The van der Waals surface area contributed by atoms with E-state index in [1.807, 2.05) is 18.2 Å². The van der Waals surface area contributed by atoms with Gasteiger partial charge >= 0.3 is 0 Å². The number of benzene rings is 1. The number of hydrogen-bond donors (Lipinski definition) is 1. The third-order valence-electron chi connectivity index (χ3n) is 8.43. The Morgan fingerprint density at radius 3 is 2.67 bits per heavy atom. The molecule has 3 fully saturated rings. The van der Waals surface area contributed by atoms with Crippen molar-refractivity contribution in [3.05, 3.63) is 48.7 Å². The van der Waals surface area contributed by atoms with E-state index in [0.717, 1.165) is 61.0 Å². The Bertz CT molecular complexity index is 1240. The van der Waals surface area contributed by atoms with Gasteiger partial charge in [0.1, 0.15) is 5.82 Å². The minimum atomic E-state index is 0.190. The summed E-state index contributed by atoms with van der Waals surface area (Å²) >= 11 is 0. The fourth-order valence-corrected chi connectivity index (χ4v) is 6.75. The standard InChI is InChI=1S/C26H30N6O/c33-25(27-13-19-12-17-5-6-18(19)11-17)16-32-20-7-8-21(32)15-30(14-20)24-9-10-31-23-4-2-1-3-22(23)28-26(31)29-24/h1-6,9-10,17-21H,7-8,11-16H2,(H,27,33). The van der Waals surface area contributed by atoms with E-state index in [2.05, 4.69) is 50.0 Å². The van der Waals surface area contributed by atoms with E-state index < -0.39 is 0 Å². The zero-order valence-electron chi connectivity index (χ0n) is 18.8. The minimum absolute atomic E-state index is 0.190. The molecule has 1 amide bonds. The maximum Gasteiger partial charge on any atom is 0.236 e. The van der Waals surface area contributed by atoms with E-state index in [9.17, 15) is 4.79 Å². The normalized spacial score (nSPS) is 30.7. The third-order valence-corrected chi connectivity index (χ3v) is 8.43. The number of carbonyl (C=O) groups is 1. The van der Waals surface area contributed by atoms with Gasteiger partial charge in [-0.05, 0) is 61.6 Å². The summed E-state index contributed by atoms with van der Waals surface area (Å²) in [5.74, 6) is 4.01. The van der Waals surface area contributed by atoms with Crippen molar-refractivity contribution >= 4 is 28.5 Å². The minimum Gasteiger partial charge on any atom is -0.355 e. The maximum atomic E-state index is 12.8. The number of nitrogens with one attached hydrogen (secondary N) is 1. The van der Waals surface area contributed by atoms with E-state index in [-0.39, 0.29) is 5.91 Å². The number of hydrogen-bond acceptors (Lipinski definition) is 5. The van der Waals surface area contributed by atoms with E-state index in [0.29, 0.717) is 30.5 Å². The fraction of sp³-hybridized carbons (Fsp3) is 0.500. The third kappa shape index (κ3) is 3.32. The summed E-state index contributed by atoms with van der Waals surface area (Å²) in [4.78, 5) is 27.2. The highest BCUT2D eigenvalue weighted by atomic mass is 16.2. The van der Waals surface area contributed by atoms with E-state index in [4.69, 9.17) is 9.97 Å². The highest BCUT2D eigenvalue weighted by Gasteiger charge is 2.41. The first-order chi connectivity index (χ1) is 16.2. The second kappa shape index (κ2) is 7.55. The molecule has 7 nitrogen and oxygen atoms in total. The van der Waals surface area contributed by atoms with Crippen LogP contribution >= 0.6 is 0 Å². The number of para-hydroxylation sites is 2. The Labute approximate surface area is 193 Å². The van der Waals surface area contributed by atoms with Gasteiger partial charge < -0.3 is 10.2 Å². The molecule has 0 radical (unpaired) electrons. The maximum absolute atomic E-state index is 12.8. The van der Waals surface area contributed by atoms with Gasteiger partial charge in [-0.1, -0.05) is 24.3 Å². The Balaban J connectivity index is 1.01. The van der Waals surface area contributed by atoms with Crippen LogP contribution in [-0.4, -0.2) is 63.4 Å². The van der Waals surface area contributed by atoms with Crippen molar-refractivity contribution in [2.75, 3.05) is 31.1 Å². The van der Waals surface area contributed by atoms with E-state index in [1.165, 1.54) is 12.8 Å². The van der Waals surface area contributed by atoms with Gasteiger partial charge in [0.25, 0.3) is 0 Å². The van der Waals surface area contributed by atoms with Crippen LogP contribution in [0.1, 0.15) is 25.7 Å². The van der Waals surface area contributed by atoms with Gasteiger partial charge in [-0.2, -0.15) is 4.98 Å². The quantitative estimate of drug-likeness (QED) is 0.616. The van der Waals surface area contributed by atoms with Crippen molar-refractivity contribution in [2.45, 2.75) is 37.8 Å². The van der Waals surface area contributed by atoms with Crippen LogP contribution in [0.5, 0.6) is 0 Å². The second-order valence-electron chi connectivity index (χ2n) is 10.4. The molecule has 5 unspecified atom stereocenters. The Kier molecular flexibility index (Phi) is 4.47. The zero-order valence-corrected chi connectivity index (χ0v) is 18.8. The summed E-state index contributed by atoms with van der Waals surface area (Å²) in [5, 5.41) is 3.25. The van der Waals surface area contributed by atoms with Crippen LogP contribution in [-0.2, 0) is 4.79 Å². The predicted octanol–water partition coefficient (Wildman–Crippen LogP) is 2.86. The Morgan fingerprint density at radius 2 is 1.88 bits per heavy atom. The Hall–Kier alpha value is -2.93. The van der Waals surface area contributed by atoms with Crippen molar-refractivity contribution < 1.29 is 4.79 Å². The average molecular weight is 443 g/mol. The van der Waals surface area contributed by atoms with E-state index >= 15 is 0 Å². The van der Waals surface area contributed by atoms with Crippen molar-refractivity contribution in [3.63, 3.8) is 0 Å². The summed E-state index contributed by atoms with van der Waals surface area (Å²) < 4.78 is 2.06.